The van der Waals surface area contributed by atoms with Gasteiger partial charge in [-0.05, 0) is 41.9 Å². The molecule has 0 radical (unpaired) electrons. The van der Waals surface area contributed by atoms with Crippen LogP contribution < -0.4 is 0 Å². The van der Waals surface area contributed by atoms with Crippen molar-refractivity contribution in [3.63, 3.8) is 0 Å². The Morgan fingerprint density at radius 3 is 2.07 bits per heavy atom. The van der Waals surface area contributed by atoms with Crippen molar-refractivity contribution in [1.29, 1.82) is 0 Å². The molecule has 14 heavy (non-hydrogen) atoms. The van der Waals surface area contributed by atoms with Gasteiger partial charge in [0.2, 0.25) is 0 Å². The van der Waals surface area contributed by atoms with E-state index in [-0.39, 0.29) is 0 Å². The molecule has 3 rings (SSSR count). The summed E-state index contributed by atoms with van der Waals surface area (Å²) in [6.07, 6.45) is 4.44. The highest BCUT2D eigenvalue weighted by Crippen LogP contribution is 2.63. The highest BCUT2D eigenvalue weighted by molar-refractivity contribution is 5.04. The zero-order chi connectivity index (χ0) is 10.9. The molecule has 0 aromatic heterocycles. The van der Waals surface area contributed by atoms with Crippen LogP contribution in [-0.2, 0) is 0 Å². The summed E-state index contributed by atoms with van der Waals surface area (Å²) in [5.74, 6) is 4.15. The van der Waals surface area contributed by atoms with E-state index in [9.17, 15) is 0 Å². The van der Waals surface area contributed by atoms with Crippen molar-refractivity contribution in [2.75, 3.05) is 0 Å². The molecule has 0 aliphatic heterocycles. The molecule has 2 bridgehead atoms. The van der Waals surface area contributed by atoms with Crippen molar-refractivity contribution >= 4 is 0 Å². The smallest absolute Gasteiger partial charge is 0.0295 e. The first-order valence-electron chi connectivity index (χ1n) is 6.57. The normalized spacial score (nSPS) is 43.3. The third-order valence-electron chi connectivity index (χ3n) is 4.92. The van der Waals surface area contributed by atoms with Gasteiger partial charge in [0.05, 0.1) is 0 Å². The molecule has 0 spiro atoms. The van der Waals surface area contributed by atoms with Crippen molar-refractivity contribution in [2.24, 2.45) is 29.1 Å². The first-order chi connectivity index (χ1) is 6.57. The van der Waals surface area contributed by atoms with E-state index in [1.807, 2.05) is 13.8 Å². The average molecular weight is 196 g/mol. The summed E-state index contributed by atoms with van der Waals surface area (Å²) in [6.45, 7) is 13.8. The molecule has 84 valence electrons. The SMILES string of the molecule is CC.CCC1C(C)CC2CC1C2(C)C. The van der Waals surface area contributed by atoms with Gasteiger partial charge < -0.3 is 0 Å². The molecular formula is C14H28. The third-order valence-corrected chi connectivity index (χ3v) is 4.92. The quantitative estimate of drug-likeness (QED) is 0.568. The van der Waals surface area contributed by atoms with E-state index in [4.69, 9.17) is 0 Å². The van der Waals surface area contributed by atoms with Crippen LogP contribution in [-0.4, -0.2) is 0 Å². The average Bonchev–Trinajstić information content (AvgIpc) is 2.20. The van der Waals surface area contributed by atoms with E-state index in [1.165, 1.54) is 19.3 Å². The second-order valence-electron chi connectivity index (χ2n) is 5.65. The minimum absolute atomic E-state index is 0.688. The molecule has 3 saturated carbocycles. The van der Waals surface area contributed by atoms with Crippen molar-refractivity contribution in [3.05, 3.63) is 0 Å². The molecule has 0 heteroatoms. The molecule has 4 unspecified atom stereocenters. The lowest BCUT2D eigenvalue weighted by Gasteiger charge is -2.62. The molecule has 0 nitrogen and oxygen atoms in total. The van der Waals surface area contributed by atoms with Crippen LogP contribution in [0.3, 0.4) is 0 Å². The number of hydrogen-bond donors (Lipinski definition) is 0. The molecule has 0 aromatic rings. The van der Waals surface area contributed by atoms with Gasteiger partial charge in [-0.25, -0.2) is 0 Å². The Kier molecular flexibility index (Phi) is 3.66. The summed E-state index contributed by atoms with van der Waals surface area (Å²) >= 11 is 0. The molecule has 0 aromatic carbocycles. The van der Waals surface area contributed by atoms with E-state index >= 15 is 0 Å². The minimum atomic E-state index is 0.688. The van der Waals surface area contributed by atoms with Crippen LogP contribution in [0.15, 0.2) is 0 Å². The van der Waals surface area contributed by atoms with Crippen LogP contribution in [0.2, 0.25) is 0 Å². The largest absolute Gasteiger partial charge is 0.0683 e. The van der Waals surface area contributed by atoms with Crippen LogP contribution in [0.25, 0.3) is 0 Å². The fourth-order valence-corrected chi connectivity index (χ4v) is 3.89. The molecular weight excluding hydrogens is 168 g/mol. The summed E-state index contributed by atoms with van der Waals surface area (Å²) in [7, 11) is 0. The van der Waals surface area contributed by atoms with E-state index in [2.05, 4.69) is 27.7 Å². The van der Waals surface area contributed by atoms with Gasteiger partial charge in [-0.15, -0.1) is 0 Å². The van der Waals surface area contributed by atoms with Gasteiger partial charge in [0.15, 0.2) is 0 Å². The molecule has 3 aliphatic rings. The van der Waals surface area contributed by atoms with Gasteiger partial charge in [0.25, 0.3) is 0 Å². The number of hydrogen-bond acceptors (Lipinski definition) is 0. The molecule has 3 aliphatic carbocycles. The highest BCUT2D eigenvalue weighted by atomic mass is 14.6. The molecule has 4 atom stereocenters. The van der Waals surface area contributed by atoms with Gasteiger partial charge in [0.1, 0.15) is 0 Å². The Morgan fingerprint density at radius 1 is 1.14 bits per heavy atom. The molecule has 0 saturated heterocycles. The van der Waals surface area contributed by atoms with Gasteiger partial charge >= 0.3 is 0 Å². The predicted molar refractivity (Wildman–Crippen MR) is 64.3 cm³/mol. The fraction of sp³-hybridized carbons (Fsp3) is 1.00. The minimum Gasteiger partial charge on any atom is -0.0683 e. The van der Waals surface area contributed by atoms with Crippen LogP contribution in [0.4, 0.5) is 0 Å². The summed E-state index contributed by atoms with van der Waals surface area (Å²) in [5, 5.41) is 0. The lowest BCUT2D eigenvalue weighted by atomic mass is 9.43. The number of rotatable bonds is 1. The maximum Gasteiger partial charge on any atom is -0.0295 e. The van der Waals surface area contributed by atoms with Crippen LogP contribution >= 0.6 is 0 Å². The van der Waals surface area contributed by atoms with E-state index in [0.717, 1.165) is 23.7 Å². The topological polar surface area (TPSA) is 0 Å². The maximum absolute atomic E-state index is 2.49. The zero-order valence-electron chi connectivity index (χ0n) is 10.9. The Hall–Kier alpha value is 0. The van der Waals surface area contributed by atoms with Crippen molar-refractivity contribution in [1.82, 2.24) is 0 Å². The molecule has 0 amide bonds. The van der Waals surface area contributed by atoms with Gasteiger partial charge in [-0.1, -0.05) is 48.0 Å². The van der Waals surface area contributed by atoms with Crippen LogP contribution in [0.1, 0.15) is 60.8 Å². The second-order valence-corrected chi connectivity index (χ2v) is 5.65. The lowest BCUT2D eigenvalue weighted by Crippen LogP contribution is -2.54. The predicted octanol–water partition coefficient (Wildman–Crippen LogP) is 4.74. The second kappa shape index (κ2) is 4.24. The Morgan fingerprint density at radius 2 is 1.71 bits per heavy atom. The lowest BCUT2D eigenvalue weighted by molar-refractivity contribution is -0.131. The molecule has 0 N–H and O–H groups in total. The van der Waals surface area contributed by atoms with Gasteiger partial charge in [-0.3, -0.25) is 0 Å². The Bertz CT molecular complexity index is 180. The highest BCUT2D eigenvalue weighted by Gasteiger charge is 2.55. The maximum atomic E-state index is 2.49. The monoisotopic (exact) mass is 196 g/mol. The fourth-order valence-electron chi connectivity index (χ4n) is 3.89. The van der Waals surface area contributed by atoms with E-state index in [0.29, 0.717) is 5.41 Å². The first-order valence-corrected chi connectivity index (χ1v) is 6.57. The van der Waals surface area contributed by atoms with Gasteiger partial charge in [0, 0.05) is 0 Å². The zero-order valence-corrected chi connectivity index (χ0v) is 10.9. The summed E-state index contributed by atoms with van der Waals surface area (Å²) < 4.78 is 0. The van der Waals surface area contributed by atoms with Gasteiger partial charge in [-0.2, -0.15) is 0 Å². The first kappa shape index (κ1) is 12.1. The van der Waals surface area contributed by atoms with Crippen LogP contribution in [0, 0.1) is 29.1 Å². The Balaban J connectivity index is 0.000000461. The van der Waals surface area contributed by atoms with E-state index < -0.39 is 0 Å². The van der Waals surface area contributed by atoms with Crippen LogP contribution in [0.5, 0.6) is 0 Å². The molecule has 3 fully saturated rings. The van der Waals surface area contributed by atoms with Crippen molar-refractivity contribution in [2.45, 2.75) is 60.8 Å². The van der Waals surface area contributed by atoms with Crippen molar-refractivity contribution < 1.29 is 0 Å². The third kappa shape index (κ3) is 1.61. The summed E-state index contributed by atoms with van der Waals surface area (Å²) in [6, 6.07) is 0. The number of fused-ring (bicyclic) bond motifs is 2. The van der Waals surface area contributed by atoms with Crippen molar-refractivity contribution in [3.8, 4) is 0 Å². The summed E-state index contributed by atoms with van der Waals surface area (Å²) in [4.78, 5) is 0. The summed E-state index contributed by atoms with van der Waals surface area (Å²) in [5.41, 5.74) is 0.688. The Labute approximate surface area is 90.5 Å². The standard InChI is InChI=1S/C12H22.C2H6/c1-5-10-8(2)6-9-7-11(10)12(9,3)4;1-2/h8-11H,5-7H2,1-4H3;1-2H3. The van der Waals surface area contributed by atoms with E-state index in [1.54, 1.807) is 0 Å². The molecule has 0 heterocycles.